The highest BCUT2D eigenvalue weighted by atomic mass is 16.5. The Morgan fingerprint density at radius 3 is 2.60 bits per heavy atom. The molecule has 0 aromatic rings. The van der Waals surface area contributed by atoms with E-state index in [-0.39, 0.29) is 12.3 Å². The molecule has 136 valence electrons. The van der Waals surface area contributed by atoms with Crippen LogP contribution in [0.4, 0.5) is 4.79 Å². The minimum atomic E-state index is -1.40. The summed E-state index contributed by atoms with van der Waals surface area (Å²) in [6.07, 6.45) is 6.17. The van der Waals surface area contributed by atoms with Crippen LogP contribution in [0.2, 0.25) is 0 Å². The monoisotopic (exact) mass is 348 g/mol. The molecule has 2 aliphatic heterocycles. The van der Waals surface area contributed by atoms with Crippen molar-refractivity contribution in [2.75, 3.05) is 20.2 Å². The van der Waals surface area contributed by atoms with Crippen molar-refractivity contribution in [1.82, 2.24) is 9.80 Å². The zero-order chi connectivity index (χ0) is 18.2. The number of ether oxygens (including phenoxy) is 1. The lowest BCUT2D eigenvalue weighted by Crippen LogP contribution is -2.64. The van der Waals surface area contributed by atoms with E-state index in [0.29, 0.717) is 19.4 Å². The van der Waals surface area contributed by atoms with Crippen LogP contribution in [-0.4, -0.2) is 59.7 Å². The van der Waals surface area contributed by atoms with Crippen LogP contribution in [0.1, 0.15) is 45.4 Å². The Hall–Kier alpha value is -2.02. The summed E-state index contributed by atoms with van der Waals surface area (Å²) in [5.41, 5.74) is -0.650. The second kappa shape index (κ2) is 6.71. The average Bonchev–Trinajstić information content (AvgIpc) is 3.17. The van der Waals surface area contributed by atoms with E-state index in [4.69, 9.17) is 4.74 Å². The van der Waals surface area contributed by atoms with Crippen LogP contribution in [0.5, 0.6) is 0 Å². The second-order valence-corrected chi connectivity index (χ2v) is 7.11. The fourth-order valence-electron chi connectivity index (χ4n) is 3.85. The summed E-state index contributed by atoms with van der Waals surface area (Å²) in [7, 11) is 1.36. The third-order valence-corrected chi connectivity index (χ3v) is 5.46. The fourth-order valence-corrected chi connectivity index (χ4v) is 3.85. The average molecular weight is 348 g/mol. The Morgan fingerprint density at radius 2 is 2.00 bits per heavy atom. The fraction of sp³-hybridized carbons (Fsp3) is 0.667. The minimum absolute atomic E-state index is 0.290. The Bertz CT molecular complexity index is 650. The number of imide groups is 2. The molecule has 1 aliphatic carbocycles. The van der Waals surface area contributed by atoms with E-state index in [1.54, 1.807) is 6.92 Å². The lowest BCUT2D eigenvalue weighted by Gasteiger charge is -2.42. The number of allylic oxidation sites excluding steroid dienone is 1. The van der Waals surface area contributed by atoms with Gasteiger partial charge in [-0.2, -0.15) is 0 Å². The highest BCUT2D eigenvalue weighted by Gasteiger charge is 2.55. The topological polar surface area (TPSA) is 84.0 Å². The number of rotatable bonds is 4. The maximum absolute atomic E-state index is 13.1. The van der Waals surface area contributed by atoms with Crippen molar-refractivity contribution in [2.24, 2.45) is 5.41 Å². The van der Waals surface area contributed by atoms with Crippen LogP contribution in [-0.2, 0) is 19.1 Å². The number of hydrogen-bond donors (Lipinski definition) is 0. The normalized spacial score (nSPS) is 30.7. The number of carbonyl (C=O) groups excluding carboxylic acids is 4. The molecule has 3 aliphatic rings. The van der Waals surface area contributed by atoms with Gasteiger partial charge >= 0.3 is 6.03 Å². The first-order valence-corrected chi connectivity index (χ1v) is 8.85. The van der Waals surface area contributed by atoms with Crippen molar-refractivity contribution in [3.8, 4) is 0 Å². The Balaban J connectivity index is 1.88. The first kappa shape index (κ1) is 17.8. The molecule has 2 heterocycles. The molecule has 7 nitrogen and oxygen atoms in total. The Morgan fingerprint density at radius 1 is 1.24 bits per heavy atom. The molecule has 0 saturated carbocycles. The van der Waals surface area contributed by atoms with Gasteiger partial charge in [-0.25, -0.2) is 4.79 Å². The van der Waals surface area contributed by atoms with Gasteiger partial charge in [0.1, 0.15) is 11.5 Å². The van der Waals surface area contributed by atoms with E-state index in [1.165, 1.54) is 7.05 Å². The van der Waals surface area contributed by atoms with Crippen molar-refractivity contribution in [3.05, 3.63) is 11.6 Å². The van der Waals surface area contributed by atoms with E-state index in [1.807, 2.05) is 6.08 Å². The number of ketones is 1. The number of urea groups is 1. The quantitative estimate of drug-likeness (QED) is 0.570. The van der Waals surface area contributed by atoms with Gasteiger partial charge < -0.3 is 4.74 Å². The predicted octanol–water partition coefficient (Wildman–Crippen LogP) is 1.66. The van der Waals surface area contributed by atoms with Crippen molar-refractivity contribution in [3.63, 3.8) is 0 Å². The number of nitrogens with zero attached hydrogens (tertiary/aromatic N) is 2. The summed E-state index contributed by atoms with van der Waals surface area (Å²) in [5, 5.41) is 0. The number of carbonyl (C=O) groups is 4. The predicted molar refractivity (Wildman–Crippen MR) is 88.5 cm³/mol. The van der Waals surface area contributed by atoms with E-state index >= 15 is 0 Å². The summed E-state index contributed by atoms with van der Waals surface area (Å²) in [6.45, 7) is 1.74. The van der Waals surface area contributed by atoms with Gasteiger partial charge in [0.2, 0.25) is 5.91 Å². The molecule has 3 rings (SSSR count). The van der Waals surface area contributed by atoms with Gasteiger partial charge in [-0.3, -0.25) is 24.2 Å². The molecule has 0 aromatic heterocycles. The lowest BCUT2D eigenvalue weighted by molar-refractivity contribution is -0.155. The van der Waals surface area contributed by atoms with E-state index in [0.717, 1.165) is 41.1 Å². The molecule has 2 saturated heterocycles. The van der Waals surface area contributed by atoms with Crippen molar-refractivity contribution in [1.29, 1.82) is 0 Å². The molecule has 25 heavy (non-hydrogen) atoms. The first-order valence-electron chi connectivity index (χ1n) is 8.85. The molecule has 0 aromatic carbocycles. The van der Waals surface area contributed by atoms with Gasteiger partial charge in [-0.15, -0.1) is 0 Å². The Kier molecular flexibility index (Phi) is 4.77. The van der Waals surface area contributed by atoms with Gasteiger partial charge in [0, 0.05) is 13.7 Å². The highest BCUT2D eigenvalue weighted by molar-refractivity contribution is 6.21. The van der Waals surface area contributed by atoms with Gasteiger partial charge in [-0.05, 0) is 51.0 Å². The molecule has 4 amide bonds. The number of amides is 4. The van der Waals surface area contributed by atoms with Gasteiger partial charge in [0.25, 0.3) is 5.91 Å². The standard InChI is InChI=1S/C18H24N2O5/c1-18(12-7-4-3-5-8-12)15(22)19(2)17(24)20(16(18)23)11-13(21)14-9-6-10-25-14/h7,14H,3-6,8-11H2,1-2H3. The molecular weight excluding hydrogens is 324 g/mol. The molecule has 7 heteroatoms. The largest absolute Gasteiger partial charge is 0.370 e. The lowest BCUT2D eigenvalue weighted by atomic mass is 9.73. The van der Waals surface area contributed by atoms with E-state index < -0.39 is 29.4 Å². The number of hydrogen-bond acceptors (Lipinski definition) is 5. The highest BCUT2D eigenvalue weighted by Crippen LogP contribution is 2.40. The zero-order valence-corrected chi connectivity index (χ0v) is 14.7. The molecule has 0 spiro atoms. The van der Waals surface area contributed by atoms with Crippen LogP contribution < -0.4 is 0 Å². The number of barbiturate groups is 1. The van der Waals surface area contributed by atoms with Crippen molar-refractivity contribution < 1.29 is 23.9 Å². The Labute approximate surface area is 147 Å². The third kappa shape index (κ3) is 2.90. The maximum atomic E-state index is 13.1. The summed E-state index contributed by atoms with van der Waals surface area (Å²) >= 11 is 0. The molecule has 0 N–H and O–H groups in total. The SMILES string of the molecule is CN1C(=O)N(CC(=O)C2CCCO2)C(=O)C(C)(C2=CCCCC2)C1=O. The molecular formula is C18H24N2O5. The van der Waals surface area contributed by atoms with Crippen LogP contribution in [0.25, 0.3) is 0 Å². The molecule has 2 atom stereocenters. The second-order valence-electron chi connectivity index (χ2n) is 7.11. The van der Waals surface area contributed by atoms with Crippen LogP contribution >= 0.6 is 0 Å². The summed E-state index contributed by atoms with van der Waals surface area (Å²) in [6, 6.07) is -0.741. The zero-order valence-electron chi connectivity index (χ0n) is 14.7. The van der Waals surface area contributed by atoms with Crippen molar-refractivity contribution >= 4 is 23.6 Å². The first-order chi connectivity index (χ1) is 11.9. The molecule has 2 unspecified atom stereocenters. The summed E-state index contributed by atoms with van der Waals surface area (Å²) < 4.78 is 5.35. The molecule has 0 bridgehead atoms. The van der Waals surface area contributed by atoms with Gasteiger partial charge in [0.05, 0.1) is 6.54 Å². The van der Waals surface area contributed by atoms with E-state index in [9.17, 15) is 19.2 Å². The smallest absolute Gasteiger partial charge is 0.333 e. The summed E-state index contributed by atoms with van der Waals surface area (Å²) in [4.78, 5) is 52.6. The summed E-state index contributed by atoms with van der Waals surface area (Å²) in [5.74, 6) is -1.40. The number of Topliss-reactive ketones (excluding diaryl/α,β-unsaturated/α-hetero) is 1. The maximum Gasteiger partial charge on any atom is 0.333 e. The van der Waals surface area contributed by atoms with E-state index in [2.05, 4.69) is 0 Å². The van der Waals surface area contributed by atoms with Crippen LogP contribution in [0.3, 0.4) is 0 Å². The third-order valence-electron chi connectivity index (χ3n) is 5.46. The van der Waals surface area contributed by atoms with Gasteiger partial charge in [-0.1, -0.05) is 6.08 Å². The van der Waals surface area contributed by atoms with Crippen LogP contribution in [0, 0.1) is 5.41 Å². The molecule has 0 radical (unpaired) electrons. The minimum Gasteiger partial charge on any atom is -0.370 e. The van der Waals surface area contributed by atoms with Crippen LogP contribution in [0.15, 0.2) is 11.6 Å². The molecule has 2 fully saturated rings. The van der Waals surface area contributed by atoms with Gasteiger partial charge in [0.15, 0.2) is 5.78 Å². The van der Waals surface area contributed by atoms with Crippen molar-refractivity contribution in [2.45, 2.75) is 51.6 Å².